The summed E-state index contributed by atoms with van der Waals surface area (Å²) in [5.41, 5.74) is 0.652. The minimum atomic E-state index is -0.834. The zero-order chi connectivity index (χ0) is 22.2. The third-order valence-corrected chi connectivity index (χ3v) is 4.13. The van der Waals surface area contributed by atoms with Crippen LogP contribution in [-0.2, 0) is 9.53 Å². The zero-order valence-electron chi connectivity index (χ0n) is 16.8. The second-order valence-corrected chi connectivity index (χ2v) is 6.17. The van der Waals surface area contributed by atoms with Gasteiger partial charge in [-0.15, -0.1) is 0 Å². The lowest BCUT2D eigenvalue weighted by molar-refractivity contribution is -0.119. The molecule has 0 atom stereocenters. The summed E-state index contributed by atoms with van der Waals surface area (Å²) in [5.74, 6) is -1.33. The molecule has 1 heterocycles. The van der Waals surface area contributed by atoms with E-state index in [0.29, 0.717) is 5.69 Å². The molecule has 9 heteroatoms. The number of hydrogen-bond donors (Lipinski definition) is 2. The predicted octanol–water partition coefficient (Wildman–Crippen LogP) is 3.34. The number of hydrogen-bond acceptors (Lipinski definition) is 7. The Morgan fingerprint density at radius 3 is 2.26 bits per heavy atom. The van der Waals surface area contributed by atoms with E-state index < -0.39 is 24.4 Å². The largest absolute Gasteiger partial charge is 0.493 e. The Balaban J connectivity index is 1.77. The molecule has 0 fully saturated rings. The topological polar surface area (TPSA) is 116 Å². The van der Waals surface area contributed by atoms with Crippen molar-refractivity contribution in [1.29, 1.82) is 0 Å². The normalized spacial score (nSPS) is 10.1. The summed E-state index contributed by atoms with van der Waals surface area (Å²) in [7, 11) is 2.82. The van der Waals surface area contributed by atoms with Crippen molar-refractivity contribution >= 4 is 29.2 Å². The fraction of sp³-hybridized carbons (Fsp3) is 0.136. The highest BCUT2D eigenvalue weighted by atomic mass is 16.5. The fourth-order valence-corrected chi connectivity index (χ4v) is 2.67. The Kier molecular flexibility index (Phi) is 6.89. The Hall–Kier alpha value is -4.27. The molecule has 2 N–H and O–H groups in total. The van der Waals surface area contributed by atoms with Crippen LogP contribution in [0.5, 0.6) is 11.5 Å². The Morgan fingerprint density at radius 2 is 1.61 bits per heavy atom. The average molecular weight is 424 g/mol. The summed E-state index contributed by atoms with van der Waals surface area (Å²) in [5, 5.41) is 5.19. The van der Waals surface area contributed by atoms with E-state index in [1.807, 2.05) is 6.07 Å². The molecule has 0 unspecified atom stereocenters. The van der Waals surface area contributed by atoms with Crippen LogP contribution in [0.2, 0.25) is 0 Å². The van der Waals surface area contributed by atoms with Gasteiger partial charge >= 0.3 is 5.97 Å². The number of ether oxygens (including phenoxy) is 3. The van der Waals surface area contributed by atoms with E-state index >= 15 is 0 Å². The van der Waals surface area contributed by atoms with Gasteiger partial charge in [-0.1, -0.05) is 18.2 Å². The number of rotatable bonds is 8. The third kappa shape index (κ3) is 5.41. The molecule has 0 aliphatic carbocycles. The first-order chi connectivity index (χ1) is 15.0. The van der Waals surface area contributed by atoms with Crippen LogP contribution in [0.1, 0.15) is 20.9 Å². The lowest BCUT2D eigenvalue weighted by Gasteiger charge is -2.15. The molecule has 0 aliphatic heterocycles. The van der Waals surface area contributed by atoms with Crippen LogP contribution >= 0.6 is 0 Å². The van der Waals surface area contributed by atoms with E-state index in [1.54, 1.807) is 30.3 Å². The Bertz CT molecular complexity index is 1060. The molecule has 31 heavy (non-hydrogen) atoms. The van der Waals surface area contributed by atoms with Gasteiger partial charge in [0.2, 0.25) is 0 Å². The highest BCUT2D eigenvalue weighted by Gasteiger charge is 2.21. The summed E-state index contributed by atoms with van der Waals surface area (Å²) in [6.07, 6.45) is 1.35. The van der Waals surface area contributed by atoms with Crippen molar-refractivity contribution in [2.24, 2.45) is 0 Å². The standard InChI is InChI=1S/C22H20N2O7/c1-28-18-11-15(22(27)31-13-20(25)23-14-7-4-3-5-8-14)16(12-19(18)29-2)24-21(26)17-9-6-10-30-17/h3-12H,13H2,1-2H3,(H,23,25)(H,24,26). The van der Waals surface area contributed by atoms with E-state index in [-0.39, 0.29) is 28.5 Å². The van der Waals surface area contributed by atoms with Crippen molar-refractivity contribution in [3.05, 3.63) is 72.2 Å². The van der Waals surface area contributed by atoms with Crippen molar-refractivity contribution in [2.75, 3.05) is 31.5 Å². The summed E-state index contributed by atoms with van der Waals surface area (Å²) in [6, 6.07) is 14.6. The molecule has 0 bridgehead atoms. The molecule has 2 amide bonds. The monoisotopic (exact) mass is 424 g/mol. The van der Waals surface area contributed by atoms with E-state index in [9.17, 15) is 14.4 Å². The van der Waals surface area contributed by atoms with Gasteiger partial charge in [0.15, 0.2) is 23.9 Å². The number of esters is 1. The second-order valence-electron chi connectivity index (χ2n) is 6.17. The molecule has 0 spiro atoms. The van der Waals surface area contributed by atoms with Crippen LogP contribution in [-0.4, -0.2) is 38.6 Å². The molecule has 9 nitrogen and oxygen atoms in total. The first-order valence-corrected chi connectivity index (χ1v) is 9.14. The minimum absolute atomic E-state index is 0.0231. The van der Waals surface area contributed by atoms with E-state index in [4.69, 9.17) is 18.6 Å². The van der Waals surface area contributed by atoms with Gasteiger partial charge in [0.05, 0.1) is 31.7 Å². The van der Waals surface area contributed by atoms with Crippen molar-refractivity contribution in [3.63, 3.8) is 0 Å². The number of furan rings is 1. The number of nitrogens with one attached hydrogen (secondary N) is 2. The lowest BCUT2D eigenvalue weighted by Crippen LogP contribution is -2.22. The first-order valence-electron chi connectivity index (χ1n) is 9.14. The summed E-state index contributed by atoms with van der Waals surface area (Å²) in [4.78, 5) is 37.1. The second kappa shape index (κ2) is 9.97. The molecule has 0 saturated carbocycles. The fourth-order valence-electron chi connectivity index (χ4n) is 2.67. The Labute approximate surface area is 177 Å². The highest BCUT2D eigenvalue weighted by Crippen LogP contribution is 2.34. The molecular weight excluding hydrogens is 404 g/mol. The van der Waals surface area contributed by atoms with Crippen LogP contribution in [0.15, 0.2) is 65.3 Å². The zero-order valence-corrected chi connectivity index (χ0v) is 16.8. The summed E-state index contributed by atoms with van der Waals surface area (Å²) < 4.78 is 20.6. The van der Waals surface area contributed by atoms with Gasteiger partial charge < -0.3 is 29.3 Å². The molecule has 160 valence electrons. The maximum atomic E-state index is 12.7. The number of carbonyl (C=O) groups excluding carboxylic acids is 3. The molecule has 2 aromatic carbocycles. The van der Waals surface area contributed by atoms with Gasteiger partial charge in [-0.25, -0.2) is 4.79 Å². The molecule has 0 radical (unpaired) electrons. The van der Waals surface area contributed by atoms with Crippen molar-refractivity contribution in [3.8, 4) is 11.5 Å². The van der Waals surface area contributed by atoms with Crippen LogP contribution in [0, 0.1) is 0 Å². The average Bonchev–Trinajstić information content (AvgIpc) is 3.33. The van der Waals surface area contributed by atoms with Gasteiger partial charge in [0.25, 0.3) is 11.8 Å². The molecule has 1 aromatic heterocycles. The number of para-hydroxylation sites is 1. The van der Waals surface area contributed by atoms with Crippen molar-refractivity contribution in [1.82, 2.24) is 0 Å². The SMILES string of the molecule is COc1cc(NC(=O)c2ccco2)c(C(=O)OCC(=O)Nc2ccccc2)cc1OC. The number of methoxy groups -OCH3 is 2. The predicted molar refractivity (Wildman–Crippen MR) is 112 cm³/mol. The number of carbonyl (C=O) groups is 3. The summed E-state index contributed by atoms with van der Waals surface area (Å²) in [6.45, 7) is -0.520. The van der Waals surface area contributed by atoms with Crippen LogP contribution in [0.3, 0.4) is 0 Å². The van der Waals surface area contributed by atoms with E-state index in [0.717, 1.165) is 0 Å². The summed E-state index contributed by atoms with van der Waals surface area (Å²) >= 11 is 0. The highest BCUT2D eigenvalue weighted by molar-refractivity contribution is 6.07. The minimum Gasteiger partial charge on any atom is -0.493 e. The number of amides is 2. The maximum absolute atomic E-state index is 12.7. The van der Waals surface area contributed by atoms with Crippen molar-refractivity contribution in [2.45, 2.75) is 0 Å². The smallest absolute Gasteiger partial charge is 0.340 e. The molecule has 3 aromatic rings. The lowest BCUT2D eigenvalue weighted by atomic mass is 10.1. The molecule has 0 saturated heterocycles. The first kappa shape index (κ1) is 21.4. The number of anilines is 2. The van der Waals surface area contributed by atoms with Crippen LogP contribution < -0.4 is 20.1 Å². The quantitative estimate of drug-likeness (QED) is 0.533. The van der Waals surface area contributed by atoms with Gasteiger partial charge in [-0.2, -0.15) is 0 Å². The van der Waals surface area contributed by atoms with E-state index in [1.165, 1.54) is 38.7 Å². The molecule has 0 aliphatic rings. The van der Waals surface area contributed by atoms with Gasteiger partial charge in [-0.3, -0.25) is 9.59 Å². The van der Waals surface area contributed by atoms with Crippen LogP contribution in [0.4, 0.5) is 11.4 Å². The number of benzene rings is 2. The van der Waals surface area contributed by atoms with Crippen LogP contribution in [0.25, 0.3) is 0 Å². The maximum Gasteiger partial charge on any atom is 0.340 e. The van der Waals surface area contributed by atoms with Gasteiger partial charge in [-0.05, 0) is 24.3 Å². The Morgan fingerprint density at radius 1 is 0.903 bits per heavy atom. The third-order valence-electron chi connectivity index (χ3n) is 4.13. The van der Waals surface area contributed by atoms with E-state index in [2.05, 4.69) is 10.6 Å². The van der Waals surface area contributed by atoms with Gasteiger partial charge in [0.1, 0.15) is 0 Å². The van der Waals surface area contributed by atoms with Gasteiger partial charge in [0, 0.05) is 17.8 Å². The molecule has 3 rings (SSSR count). The van der Waals surface area contributed by atoms with Crippen molar-refractivity contribution < 1.29 is 33.0 Å². The molecular formula is C22H20N2O7.